The number of hydrogen-bond acceptors (Lipinski definition) is 4. The fourth-order valence-corrected chi connectivity index (χ4v) is 3.02. The van der Waals surface area contributed by atoms with Crippen molar-refractivity contribution >= 4 is 11.7 Å². The number of halogens is 1. The van der Waals surface area contributed by atoms with Gasteiger partial charge in [0.15, 0.2) is 0 Å². The molecule has 1 N–H and O–H groups in total. The number of carbonyl (C=O) groups is 1. The second-order valence-corrected chi connectivity index (χ2v) is 6.88. The number of benzene rings is 1. The van der Waals surface area contributed by atoms with Gasteiger partial charge in [-0.15, -0.1) is 5.10 Å². The molecule has 7 nitrogen and oxygen atoms in total. The molecule has 2 aliphatic rings. The van der Waals surface area contributed by atoms with Crippen LogP contribution in [0.1, 0.15) is 30.7 Å². The molecule has 1 saturated carbocycles. The normalized spacial score (nSPS) is 16.9. The first kappa shape index (κ1) is 17.0. The van der Waals surface area contributed by atoms with Crippen molar-refractivity contribution in [3.05, 3.63) is 41.5 Å². The average Bonchev–Trinajstić information content (AvgIpc) is 3.42. The summed E-state index contributed by atoms with van der Waals surface area (Å²) >= 11 is 0. The Hall–Kier alpha value is -2.48. The summed E-state index contributed by atoms with van der Waals surface area (Å²) in [4.78, 5) is 14.3. The van der Waals surface area contributed by atoms with Crippen molar-refractivity contribution in [2.24, 2.45) is 5.92 Å². The van der Waals surface area contributed by atoms with Gasteiger partial charge >= 0.3 is 6.03 Å². The first-order chi connectivity index (χ1) is 12.7. The van der Waals surface area contributed by atoms with Gasteiger partial charge in [0.2, 0.25) is 0 Å². The number of ether oxygens (including phenoxy) is 1. The summed E-state index contributed by atoms with van der Waals surface area (Å²) in [5.41, 5.74) is 2.29. The van der Waals surface area contributed by atoms with E-state index in [0.29, 0.717) is 31.3 Å². The van der Waals surface area contributed by atoms with E-state index in [4.69, 9.17) is 4.74 Å². The van der Waals surface area contributed by atoms with Crippen LogP contribution in [0.5, 0.6) is 0 Å². The van der Waals surface area contributed by atoms with E-state index in [-0.39, 0.29) is 11.8 Å². The van der Waals surface area contributed by atoms with Gasteiger partial charge in [0.1, 0.15) is 11.5 Å². The molecule has 0 radical (unpaired) electrons. The molecule has 138 valence electrons. The first-order valence-electron chi connectivity index (χ1n) is 8.99. The van der Waals surface area contributed by atoms with Crippen LogP contribution in [0.4, 0.5) is 14.9 Å². The summed E-state index contributed by atoms with van der Waals surface area (Å²) < 4.78 is 20.6. The number of amides is 2. The molecule has 26 heavy (non-hydrogen) atoms. The highest BCUT2D eigenvalue weighted by Crippen LogP contribution is 2.29. The van der Waals surface area contributed by atoms with Gasteiger partial charge in [0.25, 0.3) is 0 Å². The van der Waals surface area contributed by atoms with Gasteiger partial charge in [0.05, 0.1) is 18.8 Å². The predicted molar refractivity (Wildman–Crippen MR) is 92.8 cm³/mol. The van der Waals surface area contributed by atoms with Crippen LogP contribution in [-0.2, 0) is 24.4 Å². The van der Waals surface area contributed by atoms with Crippen molar-refractivity contribution in [2.45, 2.75) is 39.0 Å². The average molecular weight is 359 g/mol. The van der Waals surface area contributed by atoms with Gasteiger partial charge in [-0.05, 0) is 49.4 Å². The van der Waals surface area contributed by atoms with Crippen molar-refractivity contribution in [3.63, 3.8) is 0 Å². The maximum Gasteiger partial charge on any atom is 0.322 e. The molecule has 8 heteroatoms. The zero-order valence-corrected chi connectivity index (χ0v) is 14.5. The minimum atomic E-state index is -0.330. The van der Waals surface area contributed by atoms with Gasteiger partial charge in [-0.25, -0.2) is 13.9 Å². The third-order valence-electron chi connectivity index (χ3n) is 4.73. The van der Waals surface area contributed by atoms with Crippen LogP contribution in [0.2, 0.25) is 0 Å². The maximum atomic E-state index is 13.0. The molecular weight excluding hydrogens is 337 g/mol. The lowest BCUT2D eigenvalue weighted by molar-refractivity contribution is 0.107. The highest BCUT2D eigenvalue weighted by Gasteiger charge is 2.25. The molecule has 2 amide bonds. The lowest BCUT2D eigenvalue weighted by Gasteiger charge is -2.21. The van der Waals surface area contributed by atoms with Gasteiger partial charge in [-0.2, -0.15) is 0 Å². The Morgan fingerprint density at radius 1 is 1.27 bits per heavy atom. The quantitative estimate of drug-likeness (QED) is 0.891. The van der Waals surface area contributed by atoms with Gasteiger partial charge in [-0.3, -0.25) is 0 Å². The van der Waals surface area contributed by atoms with E-state index >= 15 is 0 Å². The third kappa shape index (κ3) is 4.01. The Bertz CT molecular complexity index is 772. The fourth-order valence-electron chi connectivity index (χ4n) is 3.02. The number of hydrogen-bond donors (Lipinski definition) is 1. The standard InChI is InChI=1S/C18H22FN5O2/c19-14-4-6-15(7-5-14)20-18(25)23-8-1-9-24-17(10-23)16(21-22-24)12-26-11-13-2-3-13/h4-7,13H,1-3,8-12H2,(H,20,25). The molecule has 1 aliphatic carbocycles. The Labute approximate surface area is 151 Å². The summed E-state index contributed by atoms with van der Waals surface area (Å²) in [6.07, 6.45) is 3.29. The molecule has 2 heterocycles. The molecule has 0 saturated heterocycles. The predicted octanol–water partition coefficient (Wildman–Crippen LogP) is 2.78. The van der Waals surface area contributed by atoms with Crippen molar-refractivity contribution in [2.75, 3.05) is 18.5 Å². The lowest BCUT2D eigenvalue weighted by atomic mass is 10.3. The molecule has 2 aromatic rings. The van der Waals surface area contributed by atoms with Crippen LogP contribution in [0.25, 0.3) is 0 Å². The van der Waals surface area contributed by atoms with E-state index in [1.54, 1.807) is 17.0 Å². The highest BCUT2D eigenvalue weighted by atomic mass is 19.1. The summed E-state index contributed by atoms with van der Waals surface area (Å²) in [5.74, 6) is 0.366. The minimum absolute atomic E-state index is 0.212. The number of urea groups is 1. The van der Waals surface area contributed by atoms with E-state index in [1.807, 2.05) is 4.68 Å². The summed E-state index contributed by atoms with van der Waals surface area (Å²) in [6.45, 7) is 2.98. The number of rotatable bonds is 5. The van der Waals surface area contributed by atoms with Crippen LogP contribution in [0.15, 0.2) is 24.3 Å². The topological polar surface area (TPSA) is 72.3 Å². The van der Waals surface area contributed by atoms with Crippen molar-refractivity contribution < 1.29 is 13.9 Å². The molecule has 0 spiro atoms. The van der Waals surface area contributed by atoms with E-state index in [2.05, 4.69) is 15.6 Å². The van der Waals surface area contributed by atoms with Crippen LogP contribution < -0.4 is 5.32 Å². The molecule has 4 rings (SSSR count). The van der Waals surface area contributed by atoms with Crippen molar-refractivity contribution in [3.8, 4) is 0 Å². The molecule has 0 atom stereocenters. The zero-order chi connectivity index (χ0) is 17.9. The summed E-state index contributed by atoms with van der Waals surface area (Å²) in [7, 11) is 0. The Balaban J connectivity index is 1.41. The second kappa shape index (κ2) is 7.41. The Kier molecular flexibility index (Phi) is 4.83. The van der Waals surface area contributed by atoms with Gasteiger partial charge in [-0.1, -0.05) is 5.21 Å². The maximum absolute atomic E-state index is 13.0. The SMILES string of the molecule is O=C(Nc1ccc(F)cc1)N1CCCn2nnc(COCC3CC3)c2C1. The number of fused-ring (bicyclic) bond motifs is 1. The number of anilines is 1. The van der Waals surface area contributed by atoms with Crippen LogP contribution >= 0.6 is 0 Å². The largest absolute Gasteiger partial charge is 0.375 e. The Morgan fingerprint density at radius 2 is 2.08 bits per heavy atom. The number of nitrogens with zero attached hydrogens (tertiary/aromatic N) is 4. The zero-order valence-electron chi connectivity index (χ0n) is 14.5. The molecular formula is C18H22FN5O2. The van der Waals surface area contributed by atoms with Crippen LogP contribution in [0, 0.1) is 11.7 Å². The van der Waals surface area contributed by atoms with Crippen molar-refractivity contribution in [1.82, 2.24) is 19.9 Å². The molecule has 0 unspecified atom stereocenters. The van der Waals surface area contributed by atoms with E-state index in [0.717, 1.165) is 31.0 Å². The van der Waals surface area contributed by atoms with E-state index < -0.39 is 0 Å². The molecule has 1 fully saturated rings. The van der Waals surface area contributed by atoms with E-state index in [9.17, 15) is 9.18 Å². The van der Waals surface area contributed by atoms with Gasteiger partial charge < -0.3 is 15.0 Å². The van der Waals surface area contributed by atoms with Gasteiger partial charge in [0, 0.05) is 25.4 Å². The molecule has 1 aromatic heterocycles. The fraction of sp³-hybridized carbons (Fsp3) is 0.500. The number of nitrogens with one attached hydrogen (secondary N) is 1. The molecule has 1 aromatic carbocycles. The van der Waals surface area contributed by atoms with Crippen molar-refractivity contribution in [1.29, 1.82) is 0 Å². The first-order valence-corrected chi connectivity index (χ1v) is 8.99. The third-order valence-corrected chi connectivity index (χ3v) is 4.73. The molecule has 0 bridgehead atoms. The highest BCUT2D eigenvalue weighted by molar-refractivity contribution is 5.89. The second-order valence-electron chi connectivity index (χ2n) is 6.88. The van der Waals surface area contributed by atoms with E-state index in [1.165, 1.54) is 25.0 Å². The lowest BCUT2D eigenvalue weighted by Crippen LogP contribution is -2.34. The monoisotopic (exact) mass is 359 g/mol. The molecule has 1 aliphatic heterocycles. The smallest absolute Gasteiger partial charge is 0.322 e. The van der Waals surface area contributed by atoms with Crippen LogP contribution in [0.3, 0.4) is 0 Å². The summed E-state index contributed by atoms with van der Waals surface area (Å²) in [6, 6.07) is 5.54. The Morgan fingerprint density at radius 3 is 2.85 bits per heavy atom. The number of aryl methyl sites for hydroxylation is 1. The summed E-state index contributed by atoms with van der Waals surface area (Å²) in [5, 5.41) is 11.3. The minimum Gasteiger partial charge on any atom is -0.375 e. The number of carbonyl (C=O) groups excluding carboxylic acids is 1. The number of aromatic nitrogens is 3. The van der Waals surface area contributed by atoms with Crippen LogP contribution in [-0.4, -0.2) is 39.1 Å².